The number of carbonyl (C=O) groups is 2. The number of hydrogen-bond donors (Lipinski definition) is 2. The number of hydrogen-bond acceptors (Lipinski definition) is 3. The first-order valence-corrected chi connectivity index (χ1v) is 10.3. The van der Waals surface area contributed by atoms with Gasteiger partial charge in [-0.05, 0) is 56.5 Å². The van der Waals surface area contributed by atoms with E-state index in [2.05, 4.69) is 51.9 Å². The van der Waals surface area contributed by atoms with Crippen molar-refractivity contribution in [1.29, 1.82) is 0 Å². The molecule has 1 aliphatic carbocycles. The van der Waals surface area contributed by atoms with E-state index in [9.17, 15) is 9.59 Å². The lowest BCUT2D eigenvalue weighted by Crippen LogP contribution is -2.30. The van der Waals surface area contributed by atoms with E-state index in [1.807, 2.05) is 19.9 Å². The van der Waals surface area contributed by atoms with Crippen LogP contribution in [0.4, 0.5) is 0 Å². The van der Waals surface area contributed by atoms with Crippen LogP contribution in [0, 0.1) is 6.92 Å². The van der Waals surface area contributed by atoms with Crippen LogP contribution in [0.3, 0.4) is 0 Å². The Morgan fingerprint density at radius 2 is 2.07 bits per heavy atom. The third kappa shape index (κ3) is 3.78. The lowest BCUT2D eigenvalue weighted by molar-refractivity contribution is -0.115. The second-order valence-electron chi connectivity index (χ2n) is 7.49. The third-order valence-electron chi connectivity index (χ3n) is 5.40. The van der Waals surface area contributed by atoms with Crippen molar-refractivity contribution in [2.45, 2.75) is 46.6 Å². The van der Waals surface area contributed by atoms with Gasteiger partial charge in [0.1, 0.15) is 0 Å². The highest BCUT2D eigenvalue weighted by Crippen LogP contribution is 2.31. The molecule has 1 heterocycles. The van der Waals surface area contributed by atoms with Crippen LogP contribution in [-0.4, -0.2) is 22.8 Å². The number of fused-ring (bicyclic) bond motifs is 1. The fourth-order valence-electron chi connectivity index (χ4n) is 3.72. The molecule has 0 bridgehead atoms. The van der Waals surface area contributed by atoms with E-state index >= 15 is 0 Å². The highest BCUT2D eigenvalue weighted by atomic mass is 79.9. The summed E-state index contributed by atoms with van der Waals surface area (Å²) in [4.78, 5) is 25.3. The van der Waals surface area contributed by atoms with E-state index in [1.165, 1.54) is 0 Å². The van der Waals surface area contributed by atoms with Gasteiger partial charge in [0, 0.05) is 39.9 Å². The van der Waals surface area contributed by atoms with E-state index in [4.69, 9.17) is 5.73 Å². The normalized spacial score (nSPS) is 15.8. The Morgan fingerprint density at radius 1 is 1.36 bits per heavy atom. The molecule has 5 nitrogen and oxygen atoms in total. The minimum atomic E-state index is -0.188. The number of nitrogens with zero attached hydrogens (tertiary/aromatic N) is 1. The summed E-state index contributed by atoms with van der Waals surface area (Å²) < 4.78 is 3.07. The highest BCUT2D eigenvalue weighted by molar-refractivity contribution is 9.10. The Labute approximate surface area is 173 Å². The van der Waals surface area contributed by atoms with Crippen LogP contribution < -0.4 is 11.1 Å². The van der Waals surface area contributed by atoms with Crippen LogP contribution >= 0.6 is 15.9 Å². The zero-order valence-electron chi connectivity index (χ0n) is 16.7. The highest BCUT2D eigenvalue weighted by Gasteiger charge is 2.21. The number of Topliss-reactive ketones (excluding diaryl/α,β-unsaturated/α-hetero) is 1. The molecule has 0 spiro atoms. The standard InChI is InChI=1S/C22H26BrN3O2/c1-5-14(4)26-11-13(3)21-17(7-15(23)8-19(21)26)22(28)25-10-18-12(2)6-16(24)9-20(18)27/h6-8,11,14H,5,9-10,24H2,1-4H3,(H,25,28)/t14-/m0/s1. The summed E-state index contributed by atoms with van der Waals surface area (Å²) in [5.41, 5.74) is 10.5. The van der Waals surface area contributed by atoms with Crippen molar-refractivity contribution in [3.63, 3.8) is 0 Å². The molecule has 28 heavy (non-hydrogen) atoms. The van der Waals surface area contributed by atoms with Gasteiger partial charge in [0.25, 0.3) is 5.91 Å². The van der Waals surface area contributed by atoms with Crippen molar-refractivity contribution in [1.82, 2.24) is 9.88 Å². The van der Waals surface area contributed by atoms with Crippen LogP contribution in [0.2, 0.25) is 0 Å². The predicted octanol–water partition coefficient (Wildman–Crippen LogP) is 4.54. The van der Waals surface area contributed by atoms with Crippen LogP contribution in [0.5, 0.6) is 0 Å². The maximum atomic E-state index is 13.0. The second-order valence-corrected chi connectivity index (χ2v) is 8.40. The average Bonchev–Trinajstić information content (AvgIpc) is 2.95. The van der Waals surface area contributed by atoms with Gasteiger partial charge in [-0.25, -0.2) is 0 Å². The molecule has 1 aromatic carbocycles. The molecule has 6 heteroatoms. The van der Waals surface area contributed by atoms with Crippen LogP contribution in [0.25, 0.3) is 10.9 Å². The van der Waals surface area contributed by atoms with E-state index in [-0.39, 0.29) is 24.7 Å². The number of aromatic nitrogens is 1. The van der Waals surface area contributed by atoms with E-state index in [0.717, 1.165) is 32.9 Å². The van der Waals surface area contributed by atoms with Crippen LogP contribution in [-0.2, 0) is 4.79 Å². The minimum absolute atomic E-state index is 0.0312. The molecule has 0 radical (unpaired) electrons. The second kappa shape index (κ2) is 7.95. The molecule has 0 saturated carbocycles. The van der Waals surface area contributed by atoms with Crippen molar-refractivity contribution < 1.29 is 9.59 Å². The number of aryl methyl sites for hydroxylation is 1. The van der Waals surface area contributed by atoms with Crippen LogP contribution in [0.1, 0.15) is 55.6 Å². The van der Waals surface area contributed by atoms with Crippen molar-refractivity contribution in [2.24, 2.45) is 5.73 Å². The first kappa shape index (κ1) is 20.4. The van der Waals surface area contributed by atoms with Gasteiger partial charge in [0.05, 0.1) is 17.5 Å². The quantitative estimate of drug-likeness (QED) is 0.711. The maximum Gasteiger partial charge on any atom is 0.252 e. The Kier molecular flexibility index (Phi) is 5.79. The van der Waals surface area contributed by atoms with Gasteiger partial charge in [-0.2, -0.15) is 0 Å². The largest absolute Gasteiger partial charge is 0.402 e. The molecule has 0 aliphatic heterocycles. The number of nitrogens with one attached hydrogen (secondary N) is 1. The summed E-state index contributed by atoms with van der Waals surface area (Å²) in [6, 6.07) is 4.23. The molecule has 0 fully saturated rings. The number of carbonyl (C=O) groups excluding carboxylic acids is 2. The number of rotatable bonds is 5. The molecule has 1 atom stereocenters. The molecular weight excluding hydrogens is 418 g/mol. The van der Waals surface area contributed by atoms with E-state index in [1.54, 1.807) is 6.08 Å². The van der Waals surface area contributed by atoms with Crippen molar-refractivity contribution in [3.8, 4) is 0 Å². The predicted molar refractivity (Wildman–Crippen MR) is 116 cm³/mol. The molecule has 148 valence electrons. The average molecular weight is 444 g/mol. The Morgan fingerprint density at radius 3 is 2.71 bits per heavy atom. The third-order valence-corrected chi connectivity index (χ3v) is 5.86. The first-order valence-electron chi connectivity index (χ1n) is 9.50. The lowest BCUT2D eigenvalue weighted by Gasteiger charge is -2.16. The molecule has 0 saturated heterocycles. The number of halogens is 1. The Hall–Kier alpha value is -2.34. The molecule has 1 aromatic heterocycles. The summed E-state index contributed by atoms with van der Waals surface area (Å²) >= 11 is 3.54. The molecule has 2 aromatic rings. The van der Waals surface area contributed by atoms with Gasteiger partial charge in [-0.15, -0.1) is 0 Å². The van der Waals surface area contributed by atoms with Gasteiger partial charge >= 0.3 is 0 Å². The maximum absolute atomic E-state index is 13.0. The smallest absolute Gasteiger partial charge is 0.252 e. The zero-order valence-corrected chi connectivity index (χ0v) is 18.3. The molecule has 0 unspecified atom stereocenters. The number of allylic oxidation sites excluding steroid dienone is 3. The van der Waals surface area contributed by atoms with Crippen molar-refractivity contribution in [3.05, 3.63) is 56.8 Å². The van der Waals surface area contributed by atoms with Crippen molar-refractivity contribution in [2.75, 3.05) is 6.54 Å². The molecule has 1 aliphatic rings. The van der Waals surface area contributed by atoms with E-state index in [0.29, 0.717) is 22.9 Å². The van der Waals surface area contributed by atoms with Crippen molar-refractivity contribution >= 4 is 38.5 Å². The minimum Gasteiger partial charge on any atom is -0.402 e. The SMILES string of the molecule is CC[C@H](C)n1cc(C)c2c(C(=O)NCC3=C(C)C=C(N)CC3=O)cc(Br)cc21. The summed E-state index contributed by atoms with van der Waals surface area (Å²) in [5.74, 6) is -0.219. The van der Waals surface area contributed by atoms with Gasteiger partial charge in [-0.3, -0.25) is 9.59 Å². The number of ketones is 1. The Balaban J connectivity index is 1.95. The zero-order chi connectivity index (χ0) is 20.6. The topological polar surface area (TPSA) is 77.1 Å². The number of benzene rings is 1. The number of nitrogens with two attached hydrogens (primary N) is 1. The molecule has 1 amide bonds. The summed E-state index contributed by atoms with van der Waals surface area (Å²) in [5, 5.41) is 3.88. The fourth-order valence-corrected chi connectivity index (χ4v) is 4.17. The Bertz CT molecular complexity index is 1030. The lowest BCUT2D eigenvalue weighted by atomic mass is 9.95. The van der Waals surface area contributed by atoms with Gasteiger partial charge in [0.15, 0.2) is 5.78 Å². The molecule has 3 rings (SSSR count). The summed E-state index contributed by atoms with van der Waals surface area (Å²) in [6.45, 7) is 8.39. The van der Waals surface area contributed by atoms with Gasteiger partial charge in [0.2, 0.25) is 0 Å². The number of amides is 1. The van der Waals surface area contributed by atoms with Crippen LogP contribution in [0.15, 0.2) is 45.7 Å². The fraction of sp³-hybridized carbons (Fsp3) is 0.364. The van der Waals surface area contributed by atoms with Gasteiger partial charge in [-0.1, -0.05) is 22.9 Å². The van der Waals surface area contributed by atoms with Gasteiger partial charge < -0.3 is 15.6 Å². The monoisotopic (exact) mass is 443 g/mol. The molecule has 3 N–H and O–H groups in total. The molecular formula is C22H26BrN3O2. The summed E-state index contributed by atoms with van der Waals surface area (Å²) in [6.07, 6.45) is 5.12. The summed E-state index contributed by atoms with van der Waals surface area (Å²) in [7, 11) is 0. The first-order chi connectivity index (χ1) is 13.2. The van der Waals surface area contributed by atoms with E-state index < -0.39 is 0 Å².